The maximum absolute atomic E-state index is 12.4. The molecule has 0 saturated heterocycles. The molecule has 3 heterocycles. The summed E-state index contributed by atoms with van der Waals surface area (Å²) in [7, 11) is 5.19. The molecule has 14 heteroatoms. The van der Waals surface area contributed by atoms with Gasteiger partial charge in [0.1, 0.15) is 17.1 Å². The van der Waals surface area contributed by atoms with Crippen molar-refractivity contribution >= 4 is 51.8 Å². The monoisotopic (exact) mass is 577 g/mol. The zero-order valence-corrected chi connectivity index (χ0v) is 23.0. The Hall–Kier alpha value is -5.40. The van der Waals surface area contributed by atoms with Crippen molar-refractivity contribution in [3.63, 3.8) is 0 Å². The van der Waals surface area contributed by atoms with E-state index in [0.717, 1.165) is 5.56 Å². The van der Waals surface area contributed by atoms with Gasteiger partial charge in [-0.2, -0.15) is 4.98 Å². The van der Waals surface area contributed by atoms with Gasteiger partial charge >= 0.3 is 6.36 Å². The second-order valence-corrected chi connectivity index (χ2v) is 9.26. The minimum Gasteiger partial charge on any atom is -0.406 e. The summed E-state index contributed by atoms with van der Waals surface area (Å²) in [6.45, 7) is 1.86. The minimum absolute atomic E-state index is 0.185. The number of carbonyl (C=O) groups excluding carboxylic acids is 1. The van der Waals surface area contributed by atoms with Gasteiger partial charge in [0.15, 0.2) is 5.65 Å². The molecule has 1 amide bonds. The van der Waals surface area contributed by atoms with Gasteiger partial charge in [-0.3, -0.25) is 9.36 Å². The van der Waals surface area contributed by atoms with Gasteiger partial charge in [-0.1, -0.05) is 6.07 Å². The molecule has 0 radical (unpaired) electrons. The van der Waals surface area contributed by atoms with Crippen molar-refractivity contribution in [2.75, 3.05) is 29.6 Å². The first kappa shape index (κ1) is 28.1. The van der Waals surface area contributed by atoms with E-state index in [1.165, 1.54) is 24.3 Å². The molecule has 11 nitrogen and oxygen atoms in total. The highest BCUT2D eigenvalue weighted by atomic mass is 19.4. The Kier molecular flexibility index (Phi) is 7.53. The van der Waals surface area contributed by atoms with Crippen LogP contribution in [0.25, 0.3) is 11.2 Å². The molecular weight excluding hydrogens is 551 g/mol. The molecule has 0 bridgehead atoms. The highest BCUT2D eigenvalue weighted by molar-refractivity contribution is 5.96. The molecule has 0 fully saturated rings. The number of benzene rings is 2. The summed E-state index contributed by atoms with van der Waals surface area (Å²) in [6, 6.07) is 14.4. The normalized spacial score (nSPS) is 11.3. The number of nitrogens with zero attached hydrogens (tertiary/aromatic N) is 6. The maximum Gasteiger partial charge on any atom is 0.573 e. The van der Waals surface area contributed by atoms with Crippen LogP contribution in [0, 0.1) is 6.92 Å². The first-order valence-corrected chi connectivity index (χ1v) is 12.6. The first-order chi connectivity index (χ1) is 20.0. The smallest absolute Gasteiger partial charge is 0.406 e. The van der Waals surface area contributed by atoms with Gasteiger partial charge < -0.3 is 25.6 Å². The molecule has 0 aliphatic heterocycles. The summed E-state index contributed by atoms with van der Waals surface area (Å²) in [5, 5.41) is 8.87. The quantitative estimate of drug-likeness (QED) is 0.217. The van der Waals surface area contributed by atoms with Crippen molar-refractivity contribution in [3.05, 3.63) is 78.1 Å². The number of carbonyl (C=O) groups is 1. The molecule has 0 unspecified atom stereocenters. The summed E-state index contributed by atoms with van der Waals surface area (Å²) in [5.74, 6) is 0.876. The number of rotatable bonds is 8. The fourth-order valence-corrected chi connectivity index (χ4v) is 4.17. The standard InChI is InChI=1S/C28H26F3N9O2/c1-16-5-6-18(13-21(16)25(41)32-2)35-26-33-12-11-23(38-26)39(3)19-14-22-24(34-15-19)40(4)27(37-22)36-17-7-9-20(10-8-17)42-28(29,30)31/h5-15H,1-4H3,(H,32,41)(H,36,37)(H,33,35,38). The second-order valence-electron chi connectivity index (χ2n) is 9.26. The van der Waals surface area contributed by atoms with Gasteiger partial charge in [-0.15, -0.1) is 13.2 Å². The Balaban J connectivity index is 1.34. The van der Waals surface area contributed by atoms with Crippen LogP contribution in [0.3, 0.4) is 0 Å². The van der Waals surface area contributed by atoms with E-state index in [0.29, 0.717) is 51.5 Å². The van der Waals surface area contributed by atoms with Gasteiger partial charge in [0.25, 0.3) is 5.91 Å². The molecule has 216 valence electrons. The van der Waals surface area contributed by atoms with Gasteiger partial charge in [0.2, 0.25) is 11.9 Å². The fourth-order valence-electron chi connectivity index (χ4n) is 4.17. The molecule has 0 aliphatic rings. The van der Waals surface area contributed by atoms with Crippen LogP contribution in [0.5, 0.6) is 5.75 Å². The second kappa shape index (κ2) is 11.2. The van der Waals surface area contributed by atoms with E-state index < -0.39 is 6.36 Å². The van der Waals surface area contributed by atoms with Crippen LogP contribution < -0.4 is 25.6 Å². The molecule has 0 spiro atoms. The van der Waals surface area contributed by atoms with E-state index >= 15 is 0 Å². The van der Waals surface area contributed by atoms with Crippen molar-refractivity contribution in [2.45, 2.75) is 13.3 Å². The van der Waals surface area contributed by atoms with Crippen molar-refractivity contribution in [1.82, 2.24) is 29.8 Å². The van der Waals surface area contributed by atoms with Gasteiger partial charge in [0.05, 0.1) is 11.9 Å². The number of imidazole rings is 1. The van der Waals surface area contributed by atoms with Crippen LogP contribution in [0.4, 0.5) is 47.9 Å². The van der Waals surface area contributed by atoms with Crippen molar-refractivity contribution in [2.24, 2.45) is 7.05 Å². The van der Waals surface area contributed by atoms with E-state index in [1.807, 2.05) is 37.1 Å². The van der Waals surface area contributed by atoms with Gasteiger partial charge in [0, 0.05) is 44.3 Å². The fraction of sp³-hybridized carbons (Fsp3) is 0.179. The summed E-state index contributed by atoms with van der Waals surface area (Å²) in [6.07, 6.45) is -1.46. The van der Waals surface area contributed by atoms with Crippen LogP contribution in [0.2, 0.25) is 0 Å². The lowest BCUT2D eigenvalue weighted by Gasteiger charge is -2.18. The molecule has 0 atom stereocenters. The van der Waals surface area contributed by atoms with Crippen molar-refractivity contribution in [3.8, 4) is 5.75 Å². The number of nitrogens with one attached hydrogen (secondary N) is 3. The third-order valence-corrected chi connectivity index (χ3v) is 6.38. The molecule has 3 aromatic heterocycles. The predicted octanol–water partition coefficient (Wildman–Crippen LogP) is 5.58. The van der Waals surface area contributed by atoms with E-state index in [1.54, 1.807) is 43.2 Å². The number of aromatic nitrogens is 5. The van der Waals surface area contributed by atoms with Crippen LogP contribution in [-0.2, 0) is 7.05 Å². The van der Waals surface area contributed by atoms with Crippen LogP contribution >= 0.6 is 0 Å². The van der Waals surface area contributed by atoms with Gasteiger partial charge in [-0.25, -0.2) is 15.0 Å². The number of pyridine rings is 1. The lowest BCUT2D eigenvalue weighted by Crippen LogP contribution is -2.19. The summed E-state index contributed by atoms with van der Waals surface area (Å²) < 4.78 is 43.0. The number of alkyl halides is 3. The molecule has 42 heavy (non-hydrogen) atoms. The summed E-state index contributed by atoms with van der Waals surface area (Å²) in [5.41, 5.74) is 4.49. The maximum atomic E-state index is 12.4. The third kappa shape index (κ3) is 6.16. The average Bonchev–Trinajstić information content (AvgIpc) is 3.27. The number of hydrogen-bond acceptors (Lipinski definition) is 9. The first-order valence-electron chi connectivity index (χ1n) is 12.6. The topological polar surface area (TPSA) is 122 Å². The molecule has 5 rings (SSSR count). The number of ether oxygens (including phenoxy) is 1. The number of fused-ring (bicyclic) bond motifs is 1. The average molecular weight is 578 g/mol. The third-order valence-electron chi connectivity index (χ3n) is 6.38. The lowest BCUT2D eigenvalue weighted by atomic mass is 10.1. The molecular formula is C28H26F3N9O2. The Morgan fingerprint density at radius 2 is 1.71 bits per heavy atom. The summed E-state index contributed by atoms with van der Waals surface area (Å²) in [4.78, 5) is 32.1. The van der Waals surface area contributed by atoms with E-state index in [9.17, 15) is 18.0 Å². The van der Waals surface area contributed by atoms with Crippen molar-refractivity contribution in [1.29, 1.82) is 0 Å². The molecule has 3 N–H and O–H groups in total. The number of amides is 1. The van der Waals surface area contributed by atoms with Gasteiger partial charge in [-0.05, 0) is 61.0 Å². The molecule has 5 aromatic rings. The summed E-state index contributed by atoms with van der Waals surface area (Å²) >= 11 is 0. The zero-order chi connectivity index (χ0) is 30.0. The highest BCUT2D eigenvalue weighted by Gasteiger charge is 2.31. The highest BCUT2D eigenvalue weighted by Crippen LogP contribution is 2.29. The number of hydrogen-bond donors (Lipinski definition) is 3. The lowest BCUT2D eigenvalue weighted by molar-refractivity contribution is -0.274. The van der Waals surface area contributed by atoms with Crippen LogP contribution in [0.15, 0.2) is 67.0 Å². The zero-order valence-electron chi connectivity index (χ0n) is 23.0. The Labute approximate surface area is 238 Å². The van der Waals surface area contributed by atoms with E-state index in [2.05, 4.69) is 40.6 Å². The van der Waals surface area contributed by atoms with E-state index in [4.69, 9.17) is 0 Å². The molecule has 2 aromatic carbocycles. The Morgan fingerprint density at radius 1 is 0.976 bits per heavy atom. The largest absolute Gasteiger partial charge is 0.573 e. The number of halogens is 3. The Morgan fingerprint density at radius 3 is 2.43 bits per heavy atom. The minimum atomic E-state index is -4.76. The Bertz CT molecular complexity index is 1750. The van der Waals surface area contributed by atoms with Crippen LogP contribution in [-0.4, -0.2) is 50.9 Å². The SMILES string of the molecule is CNC(=O)c1cc(Nc2nccc(N(C)c3cnc4c(c3)nc(Nc3ccc(OC(F)(F)F)cc3)n4C)n2)ccc1C. The van der Waals surface area contributed by atoms with Crippen molar-refractivity contribution < 1.29 is 22.7 Å². The van der Waals surface area contributed by atoms with Crippen LogP contribution in [0.1, 0.15) is 15.9 Å². The molecule has 0 saturated carbocycles. The number of anilines is 6. The molecule has 0 aliphatic carbocycles. The van der Waals surface area contributed by atoms with E-state index in [-0.39, 0.29) is 11.7 Å². The number of aryl methyl sites for hydroxylation is 2. The predicted molar refractivity (Wildman–Crippen MR) is 153 cm³/mol.